The van der Waals surface area contributed by atoms with Crippen LogP contribution in [0.2, 0.25) is 5.02 Å². The van der Waals surface area contributed by atoms with Crippen LogP contribution in [0.1, 0.15) is 24.8 Å². The summed E-state index contributed by atoms with van der Waals surface area (Å²) in [5.74, 6) is 0. The maximum atomic E-state index is 12.6. The number of nitrogens with one attached hydrogen (secondary N) is 1. The van der Waals surface area contributed by atoms with Crippen LogP contribution in [0, 0.1) is 0 Å². The molecule has 0 amide bonds. The normalized spacial score (nSPS) is 16.0. The van der Waals surface area contributed by atoms with Crippen LogP contribution in [-0.4, -0.2) is 9.78 Å². The summed E-state index contributed by atoms with van der Waals surface area (Å²) in [5, 5.41) is 10.1. The van der Waals surface area contributed by atoms with Gasteiger partial charge in [0, 0.05) is 15.9 Å². The van der Waals surface area contributed by atoms with Gasteiger partial charge in [-0.25, -0.2) is 4.68 Å². The average Bonchev–Trinajstić information content (AvgIpc) is 2.57. The minimum absolute atomic E-state index is 0.0637. The zero-order valence-corrected chi connectivity index (χ0v) is 14.0. The van der Waals surface area contributed by atoms with E-state index in [1.165, 1.54) is 16.7 Å². The van der Waals surface area contributed by atoms with Crippen molar-refractivity contribution < 1.29 is 0 Å². The van der Waals surface area contributed by atoms with Crippen LogP contribution in [0.15, 0.2) is 59.5 Å². The van der Waals surface area contributed by atoms with E-state index in [4.69, 9.17) is 11.6 Å². The van der Waals surface area contributed by atoms with E-state index in [1.54, 1.807) is 6.20 Å². The Kier molecular flexibility index (Phi) is 3.87. The van der Waals surface area contributed by atoms with Gasteiger partial charge in [-0.05, 0) is 43.0 Å². The standard InChI is InChI=1S/C19H18ClN3O/c20-16-8-6-15(7-9-16)19(10-3-11-19)21-13-23-18(24)17-5-2-1-4-14(17)12-22-23/h1-2,4-9,12,21H,3,10-11,13H2. The van der Waals surface area contributed by atoms with Crippen LogP contribution in [0.25, 0.3) is 10.8 Å². The maximum absolute atomic E-state index is 12.6. The summed E-state index contributed by atoms with van der Waals surface area (Å²) in [6.45, 7) is 0.395. The summed E-state index contributed by atoms with van der Waals surface area (Å²) < 4.78 is 1.50. The lowest BCUT2D eigenvalue weighted by Gasteiger charge is -2.43. The molecular weight excluding hydrogens is 322 g/mol. The zero-order chi connectivity index (χ0) is 16.6. The van der Waals surface area contributed by atoms with E-state index >= 15 is 0 Å². The maximum Gasteiger partial charge on any atom is 0.275 e. The van der Waals surface area contributed by atoms with E-state index in [1.807, 2.05) is 36.4 Å². The summed E-state index contributed by atoms with van der Waals surface area (Å²) >= 11 is 6.00. The van der Waals surface area contributed by atoms with Gasteiger partial charge in [0.25, 0.3) is 5.56 Å². The molecule has 4 nitrogen and oxygen atoms in total. The van der Waals surface area contributed by atoms with Crippen LogP contribution < -0.4 is 10.9 Å². The van der Waals surface area contributed by atoms with Crippen LogP contribution in [-0.2, 0) is 12.2 Å². The third-order valence-corrected chi connectivity index (χ3v) is 5.18. The molecular formula is C19H18ClN3O. The van der Waals surface area contributed by atoms with Crippen molar-refractivity contribution in [2.75, 3.05) is 0 Å². The number of benzene rings is 2. The Morgan fingerprint density at radius 1 is 1.12 bits per heavy atom. The number of hydrogen-bond acceptors (Lipinski definition) is 3. The van der Waals surface area contributed by atoms with Crippen molar-refractivity contribution in [1.29, 1.82) is 0 Å². The van der Waals surface area contributed by atoms with Crippen molar-refractivity contribution in [3.63, 3.8) is 0 Å². The molecule has 4 rings (SSSR count). The summed E-state index contributed by atoms with van der Waals surface area (Å²) in [4.78, 5) is 12.6. The Balaban J connectivity index is 1.61. The van der Waals surface area contributed by atoms with E-state index in [0.29, 0.717) is 12.1 Å². The van der Waals surface area contributed by atoms with Gasteiger partial charge in [-0.2, -0.15) is 5.10 Å². The summed E-state index contributed by atoms with van der Waals surface area (Å²) in [6.07, 6.45) is 5.03. The highest BCUT2D eigenvalue weighted by Gasteiger charge is 2.38. The van der Waals surface area contributed by atoms with E-state index < -0.39 is 0 Å². The van der Waals surface area contributed by atoms with E-state index in [-0.39, 0.29) is 11.1 Å². The number of halogens is 1. The van der Waals surface area contributed by atoms with Crippen molar-refractivity contribution in [2.24, 2.45) is 0 Å². The number of nitrogens with zero attached hydrogens (tertiary/aromatic N) is 2. The lowest BCUT2D eigenvalue weighted by atomic mass is 9.72. The smallest absolute Gasteiger partial charge is 0.275 e. The topological polar surface area (TPSA) is 46.9 Å². The molecule has 5 heteroatoms. The van der Waals surface area contributed by atoms with E-state index in [9.17, 15) is 4.79 Å². The molecule has 1 aliphatic rings. The molecule has 0 radical (unpaired) electrons. The summed E-state index contributed by atoms with van der Waals surface area (Å²) in [7, 11) is 0. The molecule has 0 spiro atoms. The van der Waals surface area contributed by atoms with E-state index in [2.05, 4.69) is 22.5 Å². The number of aromatic nitrogens is 2. The molecule has 24 heavy (non-hydrogen) atoms. The van der Waals surface area contributed by atoms with Gasteiger partial charge in [0.05, 0.1) is 18.3 Å². The van der Waals surface area contributed by atoms with Crippen molar-refractivity contribution in [3.8, 4) is 0 Å². The molecule has 3 aromatic rings. The fourth-order valence-electron chi connectivity index (χ4n) is 3.33. The molecule has 0 unspecified atom stereocenters. The number of fused-ring (bicyclic) bond motifs is 1. The first-order valence-corrected chi connectivity index (χ1v) is 8.52. The predicted molar refractivity (Wildman–Crippen MR) is 96.1 cm³/mol. The van der Waals surface area contributed by atoms with Gasteiger partial charge in [-0.15, -0.1) is 0 Å². The Labute approximate surface area is 145 Å². The highest BCUT2D eigenvalue weighted by molar-refractivity contribution is 6.30. The van der Waals surface area contributed by atoms with Crippen LogP contribution in [0.4, 0.5) is 0 Å². The Morgan fingerprint density at radius 2 is 1.88 bits per heavy atom. The third-order valence-electron chi connectivity index (χ3n) is 4.93. The predicted octanol–water partition coefficient (Wildman–Crippen LogP) is 3.68. The van der Waals surface area contributed by atoms with Crippen molar-refractivity contribution >= 4 is 22.4 Å². The van der Waals surface area contributed by atoms with Gasteiger partial charge in [-0.1, -0.05) is 41.9 Å². The molecule has 1 fully saturated rings. The van der Waals surface area contributed by atoms with Gasteiger partial charge >= 0.3 is 0 Å². The Hall–Kier alpha value is -2.17. The summed E-state index contributed by atoms with van der Waals surface area (Å²) in [6, 6.07) is 15.5. The lowest BCUT2D eigenvalue weighted by molar-refractivity contribution is 0.165. The van der Waals surface area contributed by atoms with Crippen molar-refractivity contribution in [1.82, 2.24) is 15.1 Å². The lowest BCUT2D eigenvalue weighted by Crippen LogP contribution is -2.49. The second kappa shape index (κ2) is 6.04. The molecule has 0 atom stereocenters. The van der Waals surface area contributed by atoms with Gasteiger partial charge in [0.2, 0.25) is 0 Å². The molecule has 122 valence electrons. The Bertz CT molecular complexity index is 929. The first kappa shape index (κ1) is 15.4. The molecule has 0 saturated heterocycles. The van der Waals surface area contributed by atoms with Crippen molar-refractivity contribution in [3.05, 3.63) is 75.7 Å². The highest BCUT2D eigenvalue weighted by atomic mass is 35.5. The molecule has 0 bridgehead atoms. The van der Waals surface area contributed by atoms with E-state index in [0.717, 1.165) is 23.3 Å². The van der Waals surface area contributed by atoms with Crippen LogP contribution in [0.3, 0.4) is 0 Å². The molecule has 1 N–H and O–H groups in total. The quantitative estimate of drug-likeness (QED) is 0.788. The number of hydrogen-bond donors (Lipinski definition) is 1. The first-order valence-electron chi connectivity index (χ1n) is 8.14. The first-order chi connectivity index (χ1) is 11.7. The average molecular weight is 340 g/mol. The van der Waals surface area contributed by atoms with Crippen LogP contribution >= 0.6 is 11.6 Å². The van der Waals surface area contributed by atoms with Crippen LogP contribution in [0.5, 0.6) is 0 Å². The minimum atomic E-state index is -0.0860. The Morgan fingerprint density at radius 3 is 2.58 bits per heavy atom. The van der Waals surface area contributed by atoms with Crippen molar-refractivity contribution in [2.45, 2.75) is 31.5 Å². The number of rotatable bonds is 4. The second-order valence-electron chi connectivity index (χ2n) is 6.31. The fraction of sp³-hybridized carbons (Fsp3) is 0.263. The summed E-state index contributed by atoms with van der Waals surface area (Å²) in [5.41, 5.74) is 1.07. The zero-order valence-electron chi connectivity index (χ0n) is 13.2. The molecule has 1 aromatic heterocycles. The second-order valence-corrected chi connectivity index (χ2v) is 6.75. The highest BCUT2D eigenvalue weighted by Crippen LogP contribution is 2.41. The molecule has 1 saturated carbocycles. The minimum Gasteiger partial charge on any atom is -0.288 e. The van der Waals surface area contributed by atoms with Gasteiger partial charge in [0.1, 0.15) is 0 Å². The third kappa shape index (κ3) is 2.62. The monoisotopic (exact) mass is 339 g/mol. The van der Waals surface area contributed by atoms with Gasteiger partial charge in [-0.3, -0.25) is 10.1 Å². The van der Waals surface area contributed by atoms with Gasteiger partial charge < -0.3 is 0 Å². The molecule has 1 heterocycles. The largest absolute Gasteiger partial charge is 0.288 e. The molecule has 2 aromatic carbocycles. The molecule has 1 aliphatic carbocycles. The van der Waals surface area contributed by atoms with Gasteiger partial charge in [0.15, 0.2) is 0 Å². The molecule has 0 aliphatic heterocycles. The fourth-order valence-corrected chi connectivity index (χ4v) is 3.46. The SMILES string of the molecule is O=c1c2ccccc2cnn1CNC1(c2ccc(Cl)cc2)CCC1.